The monoisotopic (exact) mass is 277 g/mol. The second-order valence-corrected chi connectivity index (χ2v) is 6.90. The minimum Gasteiger partial charge on any atom is -0.377 e. The third kappa shape index (κ3) is 4.60. The Kier molecular flexibility index (Phi) is 8.26. The van der Waals surface area contributed by atoms with E-state index in [2.05, 4.69) is 6.92 Å². The molecule has 0 aromatic rings. The van der Waals surface area contributed by atoms with Crippen LogP contribution in [0.2, 0.25) is 6.04 Å². The van der Waals surface area contributed by atoms with Crippen molar-refractivity contribution in [2.45, 2.75) is 44.4 Å². The molecular weight excluding hydrogens is 254 g/mol. The van der Waals surface area contributed by atoms with Gasteiger partial charge in [0.25, 0.3) is 0 Å². The fourth-order valence-corrected chi connectivity index (χ4v) is 4.44. The zero-order chi connectivity index (χ0) is 14.1. The minimum absolute atomic E-state index is 0.481. The minimum atomic E-state index is -2.45. The summed E-state index contributed by atoms with van der Waals surface area (Å²) in [4.78, 5) is 8.35. The highest BCUT2D eigenvalue weighted by Crippen LogP contribution is 2.37. The van der Waals surface area contributed by atoms with Crippen LogP contribution in [0.5, 0.6) is 0 Å². The third-order valence-electron chi connectivity index (χ3n) is 3.01. The summed E-state index contributed by atoms with van der Waals surface area (Å²) in [6.07, 6.45) is 4.65. The highest BCUT2D eigenvalue weighted by Gasteiger charge is 2.50. The Morgan fingerprint density at radius 1 is 1.39 bits per heavy atom. The van der Waals surface area contributed by atoms with Gasteiger partial charge in [-0.3, -0.25) is 0 Å². The summed E-state index contributed by atoms with van der Waals surface area (Å²) in [5.74, 6) is -0.481. The quantitative estimate of drug-likeness (QED) is 0.473. The highest BCUT2D eigenvalue weighted by atomic mass is 28.4. The lowest BCUT2D eigenvalue weighted by Gasteiger charge is -2.43. The van der Waals surface area contributed by atoms with Crippen LogP contribution >= 0.6 is 0 Å². The van der Waals surface area contributed by atoms with Crippen molar-refractivity contribution < 1.29 is 22.8 Å². The first kappa shape index (κ1) is 17.4. The fourth-order valence-electron chi connectivity index (χ4n) is 2.13. The summed E-state index contributed by atoms with van der Waals surface area (Å²) in [6.45, 7) is 2.13. The average Bonchev–Trinajstić information content (AvgIpc) is 2.40. The van der Waals surface area contributed by atoms with E-state index in [0.29, 0.717) is 0 Å². The number of nitrogens with one attached hydrogen (secondary N) is 1. The van der Waals surface area contributed by atoms with Crippen molar-refractivity contribution in [1.29, 1.82) is 5.41 Å². The lowest BCUT2D eigenvalue weighted by atomic mass is 10.1. The first-order valence-corrected chi connectivity index (χ1v) is 7.90. The summed E-state index contributed by atoms with van der Waals surface area (Å²) in [7, 11) is 2.57. The summed E-state index contributed by atoms with van der Waals surface area (Å²) in [6, 6.07) is 0.884. The van der Waals surface area contributed by atoms with Crippen molar-refractivity contribution in [3.05, 3.63) is 0 Å². The molecule has 0 amide bonds. The zero-order valence-corrected chi connectivity index (χ0v) is 12.6. The van der Waals surface area contributed by atoms with Gasteiger partial charge < -0.3 is 18.0 Å². The van der Waals surface area contributed by atoms with Crippen molar-refractivity contribution in [1.82, 2.24) is 0 Å². The number of isocyanates is 1. The summed E-state index contributed by atoms with van der Waals surface area (Å²) >= 11 is 0. The normalized spacial score (nSPS) is 25.8. The molecule has 1 unspecified atom stereocenters. The van der Waals surface area contributed by atoms with Gasteiger partial charge in [-0.2, -0.15) is 0 Å². The molecule has 7 heteroatoms. The Hall–Kier alpha value is -0.563. The van der Waals surface area contributed by atoms with Crippen LogP contribution in [0.1, 0.15) is 32.6 Å². The van der Waals surface area contributed by atoms with E-state index in [-0.39, 0.29) is 0 Å². The van der Waals surface area contributed by atoms with Crippen LogP contribution in [0.25, 0.3) is 0 Å². The molecule has 1 rings (SSSR count). The van der Waals surface area contributed by atoms with E-state index in [4.69, 9.17) is 28.2 Å². The largest absolute Gasteiger partial charge is 0.502 e. The third-order valence-corrected chi connectivity index (χ3v) is 5.90. The molecule has 1 aliphatic rings. The van der Waals surface area contributed by atoms with Crippen LogP contribution in [-0.2, 0) is 22.8 Å². The van der Waals surface area contributed by atoms with Gasteiger partial charge in [0, 0.05) is 40.2 Å². The van der Waals surface area contributed by atoms with E-state index in [1.807, 2.05) is 0 Å². The SMILES string of the molecule is CCCC1(OC)CCC[Si](OC)(OC)O1.N=C=O. The van der Waals surface area contributed by atoms with E-state index in [9.17, 15) is 0 Å². The highest BCUT2D eigenvalue weighted by molar-refractivity contribution is 6.60. The molecule has 0 radical (unpaired) electrons. The smallest absolute Gasteiger partial charge is 0.377 e. The van der Waals surface area contributed by atoms with Crippen molar-refractivity contribution >= 4 is 14.9 Å². The van der Waals surface area contributed by atoms with Gasteiger partial charge in [0.2, 0.25) is 6.08 Å². The van der Waals surface area contributed by atoms with Crippen LogP contribution in [0.3, 0.4) is 0 Å². The Labute approximate surface area is 109 Å². The van der Waals surface area contributed by atoms with Crippen molar-refractivity contribution in [2.75, 3.05) is 21.3 Å². The Bertz CT molecular complexity index is 262. The van der Waals surface area contributed by atoms with Gasteiger partial charge in [-0.05, 0) is 6.42 Å². The number of methoxy groups -OCH3 is 1. The molecular formula is C11H23NO5Si. The molecule has 18 heavy (non-hydrogen) atoms. The van der Waals surface area contributed by atoms with Crippen LogP contribution < -0.4 is 0 Å². The van der Waals surface area contributed by atoms with E-state index >= 15 is 0 Å². The molecule has 0 aromatic carbocycles. The standard InChI is InChI=1S/C10H22O4Si.CHNO/c1-5-7-10(11-2)8-6-9-15(12-3,13-4)14-10;2-1-3/h5-9H2,1-4H3;2H. The molecule has 0 bridgehead atoms. The summed E-state index contributed by atoms with van der Waals surface area (Å²) in [5.41, 5.74) is 0. The Morgan fingerprint density at radius 2 is 1.94 bits per heavy atom. The predicted octanol–water partition coefficient (Wildman–Crippen LogP) is 2.07. The maximum atomic E-state index is 8.35. The fraction of sp³-hybridized carbons (Fsp3) is 0.909. The number of carbonyl (C=O) groups excluding carboxylic acids is 1. The van der Waals surface area contributed by atoms with Crippen molar-refractivity contribution in [3.63, 3.8) is 0 Å². The van der Waals surface area contributed by atoms with Gasteiger partial charge in [0.05, 0.1) is 0 Å². The van der Waals surface area contributed by atoms with Crippen LogP contribution in [0.15, 0.2) is 0 Å². The lowest BCUT2D eigenvalue weighted by molar-refractivity contribution is -0.210. The lowest BCUT2D eigenvalue weighted by Crippen LogP contribution is -2.56. The molecule has 0 spiro atoms. The van der Waals surface area contributed by atoms with Gasteiger partial charge in [-0.1, -0.05) is 13.3 Å². The number of hydrogen-bond donors (Lipinski definition) is 1. The molecule has 1 saturated heterocycles. The predicted molar refractivity (Wildman–Crippen MR) is 68.0 cm³/mol. The maximum Gasteiger partial charge on any atom is 0.502 e. The number of ether oxygens (including phenoxy) is 1. The second kappa shape index (κ2) is 8.52. The molecule has 1 fully saturated rings. The Balaban J connectivity index is 0.000000873. The van der Waals surface area contributed by atoms with E-state index in [0.717, 1.165) is 37.8 Å². The molecule has 0 saturated carbocycles. The van der Waals surface area contributed by atoms with E-state index < -0.39 is 14.6 Å². The molecule has 1 N–H and O–H groups in total. The first-order valence-electron chi connectivity index (χ1n) is 5.97. The summed E-state index contributed by atoms with van der Waals surface area (Å²) in [5, 5.41) is 5.40. The second-order valence-electron chi connectivity index (χ2n) is 4.01. The Morgan fingerprint density at radius 3 is 2.33 bits per heavy atom. The van der Waals surface area contributed by atoms with Gasteiger partial charge in [0.15, 0.2) is 5.79 Å². The molecule has 1 atom stereocenters. The van der Waals surface area contributed by atoms with Gasteiger partial charge in [-0.25, -0.2) is 10.2 Å². The average molecular weight is 277 g/mol. The van der Waals surface area contributed by atoms with Gasteiger partial charge in [-0.15, -0.1) is 0 Å². The summed E-state index contributed by atoms with van der Waals surface area (Å²) < 4.78 is 22.4. The van der Waals surface area contributed by atoms with Crippen LogP contribution in [-0.4, -0.2) is 42.0 Å². The maximum absolute atomic E-state index is 8.35. The molecule has 0 aliphatic carbocycles. The van der Waals surface area contributed by atoms with E-state index in [1.165, 1.54) is 0 Å². The van der Waals surface area contributed by atoms with Crippen molar-refractivity contribution in [2.24, 2.45) is 0 Å². The van der Waals surface area contributed by atoms with Crippen LogP contribution in [0.4, 0.5) is 0 Å². The number of hydrogen-bond acceptors (Lipinski definition) is 6. The molecule has 6 nitrogen and oxygen atoms in total. The molecule has 0 aromatic heterocycles. The molecule has 1 heterocycles. The number of rotatable bonds is 5. The first-order chi connectivity index (χ1) is 8.57. The van der Waals surface area contributed by atoms with E-state index in [1.54, 1.807) is 21.3 Å². The zero-order valence-electron chi connectivity index (χ0n) is 11.6. The topological polar surface area (TPSA) is 77.8 Å². The molecule has 106 valence electrons. The van der Waals surface area contributed by atoms with Gasteiger partial charge in [0.1, 0.15) is 0 Å². The van der Waals surface area contributed by atoms with Crippen LogP contribution in [0, 0.1) is 5.41 Å². The van der Waals surface area contributed by atoms with Gasteiger partial charge >= 0.3 is 8.80 Å². The molecule has 1 aliphatic heterocycles. The van der Waals surface area contributed by atoms with Crippen molar-refractivity contribution in [3.8, 4) is 0 Å².